The van der Waals surface area contributed by atoms with E-state index >= 15 is 0 Å². The van der Waals surface area contributed by atoms with Gasteiger partial charge in [0.1, 0.15) is 18.3 Å². The van der Waals surface area contributed by atoms with E-state index in [1.54, 1.807) is 24.3 Å². The first kappa shape index (κ1) is 32.7. The van der Waals surface area contributed by atoms with E-state index in [0.717, 1.165) is 27.4 Å². The Morgan fingerprint density at radius 2 is 1.55 bits per heavy atom. The second kappa shape index (κ2) is 14.9. The zero-order valence-electron chi connectivity index (χ0n) is 25.5. The fourth-order valence-corrected chi connectivity index (χ4v) is 6.10. The molecular weight excluding hydrogens is 550 g/mol. The summed E-state index contributed by atoms with van der Waals surface area (Å²) < 4.78 is 34.9. The SMILES string of the molecule is CC[C@H](C(=O)N[C@@H](C)CC)N(CCc1ccccc1)C(=O)CN(c1cc(C)ccc1OC)S(=O)(=O)c1ccc(C)cc1. The number of sulfonamides is 1. The van der Waals surface area contributed by atoms with E-state index in [-0.39, 0.29) is 29.1 Å². The minimum Gasteiger partial charge on any atom is -0.495 e. The standard InChI is InChI=1S/C33H43N3O5S/c1-7-26(5)34-33(38)29(8-2)35(21-20-27-12-10-9-11-13-27)32(37)23-36(30-22-25(4)16-19-31(30)41-6)42(39,40)28-17-14-24(3)15-18-28/h9-19,22,26,29H,7-8,20-21,23H2,1-6H3,(H,34,38)/t26-,29+/m0/s1. The van der Waals surface area contributed by atoms with Crippen LogP contribution < -0.4 is 14.4 Å². The van der Waals surface area contributed by atoms with Gasteiger partial charge in [0.05, 0.1) is 17.7 Å². The maximum absolute atomic E-state index is 14.2. The van der Waals surface area contributed by atoms with Crippen molar-refractivity contribution in [2.75, 3.05) is 24.5 Å². The predicted molar refractivity (Wildman–Crippen MR) is 167 cm³/mol. The van der Waals surface area contributed by atoms with Gasteiger partial charge < -0.3 is 15.0 Å². The molecule has 0 fully saturated rings. The van der Waals surface area contributed by atoms with Crippen LogP contribution in [0.4, 0.5) is 5.69 Å². The average molecular weight is 594 g/mol. The molecule has 2 amide bonds. The molecule has 0 aliphatic heterocycles. The highest BCUT2D eigenvalue weighted by Gasteiger charge is 2.34. The number of amides is 2. The summed E-state index contributed by atoms with van der Waals surface area (Å²) in [4.78, 5) is 29.2. The smallest absolute Gasteiger partial charge is 0.264 e. The largest absolute Gasteiger partial charge is 0.495 e. The molecule has 0 unspecified atom stereocenters. The number of methoxy groups -OCH3 is 1. The van der Waals surface area contributed by atoms with Gasteiger partial charge in [-0.2, -0.15) is 0 Å². The molecule has 3 aromatic rings. The summed E-state index contributed by atoms with van der Waals surface area (Å²) in [5.74, 6) is -0.410. The van der Waals surface area contributed by atoms with Crippen LogP contribution in [0, 0.1) is 13.8 Å². The van der Waals surface area contributed by atoms with Gasteiger partial charge in [-0.15, -0.1) is 0 Å². The number of carbonyl (C=O) groups excluding carboxylic acids is 2. The fraction of sp³-hybridized carbons (Fsp3) is 0.394. The molecule has 42 heavy (non-hydrogen) atoms. The monoisotopic (exact) mass is 593 g/mol. The number of benzene rings is 3. The zero-order valence-corrected chi connectivity index (χ0v) is 26.3. The molecule has 9 heteroatoms. The van der Waals surface area contributed by atoms with Crippen LogP contribution in [0.1, 0.15) is 50.3 Å². The molecule has 0 aromatic heterocycles. The maximum atomic E-state index is 14.2. The van der Waals surface area contributed by atoms with Crippen molar-refractivity contribution in [3.8, 4) is 5.75 Å². The van der Waals surface area contributed by atoms with Gasteiger partial charge >= 0.3 is 0 Å². The molecule has 0 aliphatic carbocycles. The summed E-state index contributed by atoms with van der Waals surface area (Å²) in [6.45, 7) is 9.22. The van der Waals surface area contributed by atoms with Crippen molar-refractivity contribution in [2.45, 2.75) is 70.9 Å². The molecule has 0 heterocycles. The Hall–Kier alpha value is -3.85. The molecule has 3 rings (SSSR count). The van der Waals surface area contributed by atoms with Gasteiger partial charge in [-0.25, -0.2) is 8.42 Å². The summed E-state index contributed by atoms with van der Waals surface area (Å²) in [6, 6.07) is 20.6. The molecule has 0 bridgehead atoms. The van der Waals surface area contributed by atoms with Crippen LogP contribution in [-0.2, 0) is 26.0 Å². The van der Waals surface area contributed by atoms with Crippen LogP contribution in [0.2, 0.25) is 0 Å². The molecule has 8 nitrogen and oxygen atoms in total. The highest BCUT2D eigenvalue weighted by molar-refractivity contribution is 7.92. The van der Waals surface area contributed by atoms with Crippen LogP contribution in [-0.4, -0.2) is 57.4 Å². The second-order valence-electron chi connectivity index (χ2n) is 10.6. The highest BCUT2D eigenvalue weighted by Crippen LogP contribution is 2.33. The van der Waals surface area contributed by atoms with E-state index in [4.69, 9.17) is 4.74 Å². The predicted octanol–water partition coefficient (Wildman–Crippen LogP) is 5.27. The van der Waals surface area contributed by atoms with E-state index < -0.39 is 28.5 Å². The lowest BCUT2D eigenvalue weighted by Gasteiger charge is -2.34. The number of carbonyl (C=O) groups is 2. The molecule has 0 spiro atoms. The van der Waals surface area contributed by atoms with Crippen LogP contribution in [0.3, 0.4) is 0 Å². The first-order valence-electron chi connectivity index (χ1n) is 14.4. The lowest BCUT2D eigenvalue weighted by molar-refractivity contribution is -0.139. The summed E-state index contributed by atoms with van der Waals surface area (Å²) in [5, 5.41) is 3.00. The fourth-order valence-electron chi connectivity index (χ4n) is 4.68. The van der Waals surface area contributed by atoms with Gasteiger partial charge in [0.2, 0.25) is 11.8 Å². The second-order valence-corrected chi connectivity index (χ2v) is 12.4. The molecule has 226 valence electrons. The molecule has 0 saturated heterocycles. The van der Waals surface area contributed by atoms with Crippen LogP contribution in [0.15, 0.2) is 77.7 Å². The first-order chi connectivity index (χ1) is 20.0. The van der Waals surface area contributed by atoms with E-state index in [1.165, 1.54) is 24.1 Å². The van der Waals surface area contributed by atoms with Crippen molar-refractivity contribution in [1.82, 2.24) is 10.2 Å². The Morgan fingerprint density at radius 3 is 2.14 bits per heavy atom. The third kappa shape index (κ3) is 8.12. The molecule has 0 radical (unpaired) electrons. The number of hydrogen-bond acceptors (Lipinski definition) is 5. The summed E-state index contributed by atoms with van der Waals surface area (Å²) in [6.07, 6.45) is 1.63. The molecule has 2 atom stereocenters. The van der Waals surface area contributed by atoms with Gasteiger partial charge in [0, 0.05) is 12.6 Å². The zero-order chi connectivity index (χ0) is 30.9. The van der Waals surface area contributed by atoms with Crippen LogP contribution in [0.25, 0.3) is 0 Å². The summed E-state index contributed by atoms with van der Waals surface area (Å²) in [7, 11) is -2.72. The summed E-state index contributed by atoms with van der Waals surface area (Å²) in [5.41, 5.74) is 2.99. The van der Waals surface area contributed by atoms with E-state index in [1.807, 2.05) is 71.0 Å². The van der Waals surface area contributed by atoms with Crippen molar-refractivity contribution >= 4 is 27.5 Å². The normalized spacial score (nSPS) is 12.7. The Balaban J connectivity index is 2.08. The third-order valence-electron chi connectivity index (χ3n) is 7.36. The van der Waals surface area contributed by atoms with Gasteiger partial charge in [-0.1, -0.05) is 67.9 Å². The molecule has 0 aliphatic rings. The van der Waals surface area contributed by atoms with E-state index in [2.05, 4.69) is 5.32 Å². The maximum Gasteiger partial charge on any atom is 0.264 e. The third-order valence-corrected chi connectivity index (χ3v) is 9.14. The Morgan fingerprint density at radius 1 is 0.905 bits per heavy atom. The molecule has 1 N–H and O–H groups in total. The van der Waals surface area contributed by atoms with Crippen molar-refractivity contribution in [2.24, 2.45) is 0 Å². The number of nitrogens with one attached hydrogen (secondary N) is 1. The lowest BCUT2D eigenvalue weighted by atomic mass is 10.1. The number of rotatable bonds is 14. The number of anilines is 1. The van der Waals surface area contributed by atoms with Gasteiger partial charge in [-0.3, -0.25) is 13.9 Å². The summed E-state index contributed by atoms with van der Waals surface area (Å²) >= 11 is 0. The first-order valence-corrected chi connectivity index (χ1v) is 15.8. The topological polar surface area (TPSA) is 96.0 Å². The van der Waals surface area contributed by atoms with Crippen molar-refractivity contribution in [3.63, 3.8) is 0 Å². The van der Waals surface area contributed by atoms with Gasteiger partial charge in [0.25, 0.3) is 10.0 Å². The van der Waals surface area contributed by atoms with Crippen molar-refractivity contribution < 1.29 is 22.7 Å². The Labute approximate surface area is 250 Å². The van der Waals surface area contributed by atoms with Gasteiger partial charge in [-0.05, 0) is 75.4 Å². The molecule has 3 aromatic carbocycles. The lowest BCUT2D eigenvalue weighted by Crippen LogP contribution is -2.54. The minimum atomic E-state index is -4.19. The van der Waals surface area contributed by atoms with Gasteiger partial charge in [0.15, 0.2) is 0 Å². The van der Waals surface area contributed by atoms with Crippen molar-refractivity contribution in [3.05, 3.63) is 89.5 Å². The Kier molecular flexibility index (Phi) is 11.6. The van der Waals surface area contributed by atoms with Crippen molar-refractivity contribution in [1.29, 1.82) is 0 Å². The van der Waals surface area contributed by atoms with E-state index in [9.17, 15) is 18.0 Å². The van der Waals surface area contributed by atoms with E-state index in [0.29, 0.717) is 18.6 Å². The number of aryl methyl sites for hydroxylation is 2. The number of hydrogen-bond donors (Lipinski definition) is 1. The average Bonchev–Trinajstić information content (AvgIpc) is 2.98. The quantitative estimate of drug-likeness (QED) is 0.275. The Bertz CT molecular complexity index is 1440. The van der Waals surface area contributed by atoms with Crippen LogP contribution in [0.5, 0.6) is 5.75 Å². The van der Waals surface area contributed by atoms with Crippen LogP contribution >= 0.6 is 0 Å². The number of ether oxygens (including phenoxy) is 1. The number of nitrogens with zero attached hydrogens (tertiary/aromatic N) is 2. The highest BCUT2D eigenvalue weighted by atomic mass is 32.2. The molecular formula is C33H43N3O5S. The minimum absolute atomic E-state index is 0.0573. The molecule has 0 saturated carbocycles.